The van der Waals surface area contributed by atoms with Crippen molar-refractivity contribution in [3.05, 3.63) is 71.3 Å². The second-order valence-corrected chi connectivity index (χ2v) is 8.46. The van der Waals surface area contributed by atoms with Gasteiger partial charge in [0.1, 0.15) is 0 Å². The van der Waals surface area contributed by atoms with Gasteiger partial charge in [-0.1, -0.05) is 49.4 Å². The molecular formula is C26H37N5O. The Morgan fingerprint density at radius 1 is 1.03 bits per heavy atom. The first-order valence-electron chi connectivity index (χ1n) is 11.7. The van der Waals surface area contributed by atoms with Gasteiger partial charge in [-0.15, -0.1) is 0 Å². The molecule has 1 amide bonds. The predicted octanol–water partition coefficient (Wildman–Crippen LogP) is 3.72. The molecule has 172 valence electrons. The quantitative estimate of drug-likeness (QED) is 0.415. The normalized spacial score (nSPS) is 16.4. The first-order valence-corrected chi connectivity index (χ1v) is 11.7. The summed E-state index contributed by atoms with van der Waals surface area (Å²) in [5.41, 5.74) is 3.13. The van der Waals surface area contributed by atoms with Gasteiger partial charge in [0.15, 0.2) is 5.96 Å². The fourth-order valence-corrected chi connectivity index (χ4v) is 3.97. The predicted molar refractivity (Wildman–Crippen MR) is 132 cm³/mol. The topological polar surface area (TPSA) is 68.8 Å². The molecule has 32 heavy (non-hydrogen) atoms. The summed E-state index contributed by atoms with van der Waals surface area (Å²) >= 11 is 0. The number of guanidine groups is 1. The number of carbonyl (C=O) groups excluding carboxylic acids is 1. The van der Waals surface area contributed by atoms with Crippen LogP contribution < -0.4 is 16.0 Å². The molecule has 1 heterocycles. The van der Waals surface area contributed by atoms with Crippen molar-refractivity contribution in [1.29, 1.82) is 0 Å². The zero-order valence-electron chi connectivity index (χ0n) is 19.6. The molecule has 3 rings (SSSR count). The molecule has 0 aromatic heterocycles. The highest BCUT2D eigenvalue weighted by Gasteiger charge is 2.23. The minimum atomic E-state index is -0.0230. The Kier molecular flexibility index (Phi) is 9.11. The molecule has 2 atom stereocenters. The van der Waals surface area contributed by atoms with Gasteiger partial charge in [-0.05, 0) is 62.5 Å². The van der Waals surface area contributed by atoms with Crippen LogP contribution >= 0.6 is 0 Å². The van der Waals surface area contributed by atoms with E-state index in [2.05, 4.69) is 63.1 Å². The van der Waals surface area contributed by atoms with Crippen LogP contribution in [-0.4, -0.2) is 49.5 Å². The number of carbonyl (C=O) groups is 1. The van der Waals surface area contributed by atoms with E-state index in [9.17, 15) is 4.79 Å². The second-order valence-electron chi connectivity index (χ2n) is 8.46. The molecule has 1 saturated heterocycles. The smallest absolute Gasteiger partial charge is 0.251 e. The summed E-state index contributed by atoms with van der Waals surface area (Å²) < 4.78 is 0. The van der Waals surface area contributed by atoms with E-state index in [-0.39, 0.29) is 11.9 Å². The van der Waals surface area contributed by atoms with Crippen LogP contribution in [0.3, 0.4) is 0 Å². The van der Waals surface area contributed by atoms with Gasteiger partial charge in [0.25, 0.3) is 5.91 Å². The number of nitrogens with zero attached hydrogens (tertiary/aromatic N) is 2. The Bertz CT molecular complexity index is 860. The molecule has 0 spiro atoms. The molecule has 6 heteroatoms. The van der Waals surface area contributed by atoms with Gasteiger partial charge in [0.05, 0.1) is 6.04 Å². The first-order chi connectivity index (χ1) is 15.6. The molecule has 0 bridgehead atoms. The van der Waals surface area contributed by atoms with Gasteiger partial charge >= 0.3 is 0 Å². The van der Waals surface area contributed by atoms with Crippen molar-refractivity contribution >= 4 is 11.9 Å². The number of rotatable bonds is 9. The van der Waals surface area contributed by atoms with Crippen LogP contribution in [0.2, 0.25) is 0 Å². The highest BCUT2D eigenvalue weighted by molar-refractivity contribution is 5.94. The van der Waals surface area contributed by atoms with Crippen LogP contribution in [0.5, 0.6) is 0 Å². The van der Waals surface area contributed by atoms with Crippen molar-refractivity contribution in [1.82, 2.24) is 20.9 Å². The number of hydrogen-bond acceptors (Lipinski definition) is 3. The zero-order valence-corrected chi connectivity index (χ0v) is 19.6. The van der Waals surface area contributed by atoms with Crippen molar-refractivity contribution in [3.8, 4) is 0 Å². The van der Waals surface area contributed by atoms with Crippen LogP contribution in [-0.2, 0) is 6.54 Å². The molecule has 2 unspecified atom stereocenters. The summed E-state index contributed by atoms with van der Waals surface area (Å²) in [5, 5.41) is 9.90. The summed E-state index contributed by atoms with van der Waals surface area (Å²) in [6.07, 6.45) is 3.45. The van der Waals surface area contributed by atoms with Crippen LogP contribution in [0.1, 0.15) is 60.6 Å². The van der Waals surface area contributed by atoms with Crippen molar-refractivity contribution in [3.63, 3.8) is 0 Å². The lowest BCUT2D eigenvalue weighted by Crippen LogP contribution is -2.42. The Hall–Kier alpha value is -2.86. The Balaban J connectivity index is 1.53. The van der Waals surface area contributed by atoms with E-state index in [1.165, 1.54) is 18.4 Å². The number of nitrogens with one attached hydrogen (secondary N) is 3. The molecule has 2 aromatic rings. The van der Waals surface area contributed by atoms with Gasteiger partial charge < -0.3 is 16.0 Å². The minimum Gasteiger partial charge on any atom is -0.354 e. The van der Waals surface area contributed by atoms with Gasteiger partial charge in [-0.2, -0.15) is 0 Å². The summed E-state index contributed by atoms with van der Waals surface area (Å²) in [4.78, 5) is 19.2. The number of aliphatic imine (C=N–C) groups is 1. The van der Waals surface area contributed by atoms with Gasteiger partial charge in [-0.3, -0.25) is 14.7 Å². The van der Waals surface area contributed by atoms with Crippen molar-refractivity contribution in [2.75, 3.05) is 26.7 Å². The zero-order chi connectivity index (χ0) is 22.8. The maximum atomic E-state index is 12.3. The maximum absolute atomic E-state index is 12.3. The summed E-state index contributed by atoms with van der Waals surface area (Å²) in [7, 11) is 1.80. The van der Waals surface area contributed by atoms with E-state index in [0.717, 1.165) is 37.6 Å². The van der Waals surface area contributed by atoms with Crippen LogP contribution in [0.25, 0.3) is 0 Å². The lowest BCUT2D eigenvalue weighted by Gasteiger charge is -2.29. The highest BCUT2D eigenvalue weighted by atomic mass is 16.1. The van der Waals surface area contributed by atoms with Crippen LogP contribution in [0.4, 0.5) is 0 Å². The maximum Gasteiger partial charge on any atom is 0.251 e. The molecule has 1 aliphatic rings. The average molecular weight is 436 g/mol. The van der Waals surface area contributed by atoms with Crippen LogP contribution in [0.15, 0.2) is 59.6 Å². The van der Waals surface area contributed by atoms with Crippen LogP contribution in [0, 0.1) is 0 Å². The molecular weight excluding hydrogens is 398 g/mol. The van der Waals surface area contributed by atoms with Gasteiger partial charge in [-0.25, -0.2) is 0 Å². The summed E-state index contributed by atoms with van der Waals surface area (Å²) in [6.45, 7) is 7.81. The van der Waals surface area contributed by atoms with E-state index in [0.29, 0.717) is 18.2 Å². The molecule has 1 fully saturated rings. The van der Waals surface area contributed by atoms with Crippen molar-refractivity contribution < 1.29 is 4.79 Å². The minimum absolute atomic E-state index is 0.0230. The summed E-state index contributed by atoms with van der Waals surface area (Å²) in [6, 6.07) is 19.0. The fourth-order valence-electron chi connectivity index (χ4n) is 3.97. The first kappa shape index (κ1) is 23.8. The highest BCUT2D eigenvalue weighted by Crippen LogP contribution is 2.24. The van der Waals surface area contributed by atoms with E-state index in [1.54, 1.807) is 7.05 Å². The third-order valence-corrected chi connectivity index (χ3v) is 6.12. The van der Waals surface area contributed by atoms with E-state index in [4.69, 9.17) is 0 Å². The van der Waals surface area contributed by atoms with E-state index >= 15 is 0 Å². The third kappa shape index (κ3) is 6.82. The standard InChI is InChI=1S/C26H37N5O/c1-4-20(2)30-25(32)23-14-12-21(13-15-23)18-28-26(27-3)29-19-24(31-16-8-9-17-31)22-10-6-5-7-11-22/h5-7,10-15,20,24H,4,8-9,16-19H2,1-3H3,(H,30,32)(H2,27,28,29). The largest absolute Gasteiger partial charge is 0.354 e. The molecule has 0 saturated carbocycles. The third-order valence-electron chi connectivity index (χ3n) is 6.12. The van der Waals surface area contributed by atoms with Crippen molar-refractivity contribution in [2.24, 2.45) is 4.99 Å². The molecule has 1 aliphatic heterocycles. The monoisotopic (exact) mass is 435 g/mol. The van der Waals surface area contributed by atoms with Gasteiger partial charge in [0.2, 0.25) is 0 Å². The SMILES string of the molecule is CCC(C)NC(=O)c1ccc(CNC(=NC)NCC(c2ccccc2)N2CCCC2)cc1. The number of amides is 1. The fraction of sp³-hybridized carbons (Fsp3) is 0.462. The molecule has 3 N–H and O–H groups in total. The number of hydrogen-bond donors (Lipinski definition) is 3. The average Bonchev–Trinajstić information content (AvgIpc) is 3.36. The lowest BCUT2D eigenvalue weighted by molar-refractivity contribution is 0.0939. The van der Waals surface area contributed by atoms with Crippen molar-refractivity contribution in [2.45, 2.75) is 51.7 Å². The molecule has 0 radical (unpaired) electrons. The number of benzene rings is 2. The van der Waals surface area contributed by atoms with E-state index < -0.39 is 0 Å². The number of likely N-dealkylation sites (tertiary alicyclic amines) is 1. The Morgan fingerprint density at radius 3 is 2.34 bits per heavy atom. The molecule has 0 aliphatic carbocycles. The van der Waals surface area contributed by atoms with E-state index in [1.807, 2.05) is 31.2 Å². The Morgan fingerprint density at radius 2 is 1.72 bits per heavy atom. The Labute approximate surface area is 192 Å². The summed E-state index contributed by atoms with van der Waals surface area (Å²) in [5.74, 6) is 0.758. The second kappa shape index (κ2) is 12.2. The molecule has 6 nitrogen and oxygen atoms in total. The lowest BCUT2D eigenvalue weighted by atomic mass is 10.1. The molecule has 2 aromatic carbocycles. The van der Waals surface area contributed by atoms with Gasteiger partial charge in [0, 0.05) is 31.7 Å².